The average molecular weight is 419 g/mol. The van der Waals surface area contributed by atoms with Gasteiger partial charge in [-0.25, -0.2) is 4.39 Å². The average Bonchev–Trinajstić information content (AvgIpc) is 3.10. The van der Waals surface area contributed by atoms with Gasteiger partial charge in [-0.05, 0) is 36.2 Å². The minimum absolute atomic E-state index is 0.0466. The number of hydrogen-bond donors (Lipinski definition) is 2. The Kier molecular flexibility index (Phi) is 6.77. The predicted molar refractivity (Wildman–Crippen MR) is 105 cm³/mol. The number of hydrogen-bond acceptors (Lipinski definition) is 4. The summed E-state index contributed by atoms with van der Waals surface area (Å²) in [7, 11) is 0. The topological polar surface area (TPSA) is 91.4 Å². The van der Waals surface area contributed by atoms with E-state index in [4.69, 9.17) is 11.6 Å². The fourth-order valence-electron chi connectivity index (χ4n) is 3.08. The molecule has 0 saturated carbocycles. The van der Waals surface area contributed by atoms with Crippen LogP contribution in [0.1, 0.15) is 24.8 Å². The number of aromatic nitrogens is 1. The van der Waals surface area contributed by atoms with E-state index in [0.29, 0.717) is 25.1 Å². The molecule has 1 saturated heterocycles. The largest absolute Gasteiger partial charge is 0.352 e. The molecule has 2 aromatic rings. The van der Waals surface area contributed by atoms with Crippen molar-refractivity contribution in [1.82, 2.24) is 15.2 Å². The first kappa shape index (κ1) is 20.7. The number of nitrogens with zero attached hydrogens (tertiary/aromatic N) is 2. The van der Waals surface area contributed by atoms with Crippen LogP contribution in [-0.2, 0) is 20.9 Å². The van der Waals surface area contributed by atoms with Gasteiger partial charge in [0.1, 0.15) is 12.2 Å². The van der Waals surface area contributed by atoms with Gasteiger partial charge in [-0.15, -0.1) is 0 Å². The van der Waals surface area contributed by atoms with Gasteiger partial charge in [0.05, 0.1) is 5.02 Å². The molecular formula is C20H20ClFN4O3. The van der Waals surface area contributed by atoms with Gasteiger partial charge in [0.15, 0.2) is 0 Å². The van der Waals surface area contributed by atoms with Gasteiger partial charge >= 0.3 is 0 Å². The first-order chi connectivity index (χ1) is 13.9. The molecule has 2 N–H and O–H groups in total. The molecule has 1 atom stereocenters. The third-order valence-electron chi connectivity index (χ3n) is 4.49. The van der Waals surface area contributed by atoms with Gasteiger partial charge < -0.3 is 15.5 Å². The zero-order valence-electron chi connectivity index (χ0n) is 15.5. The van der Waals surface area contributed by atoms with Crippen molar-refractivity contribution in [2.24, 2.45) is 0 Å². The third-order valence-corrected chi connectivity index (χ3v) is 4.78. The maximum absolute atomic E-state index is 13.2. The van der Waals surface area contributed by atoms with Crippen LogP contribution < -0.4 is 10.6 Å². The van der Waals surface area contributed by atoms with E-state index in [1.807, 2.05) is 6.07 Å². The first-order valence-corrected chi connectivity index (χ1v) is 9.49. The Labute approximate surface area is 172 Å². The summed E-state index contributed by atoms with van der Waals surface area (Å²) in [5, 5.41) is 5.25. The highest BCUT2D eigenvalue weighted by Gasteiger charge is 2.26. The third kappa shape index (κ3) is 5.99. The van der Waals surface area contributed by atoms with E-state index in [1.54, 1.807) is 18.5 Å². The summed E-state index contributed by atoms with van der Waals surface area (Å²) in [6.07, 6.45) is 3.94. The van der Waals surface area contributed by atoms with Gasteiger partial charge in [-0.2, -0.15) is 0 Å². The summed E-state index contributed by atoms with van der Waals surface area (Å²) in [5.41, 5.74) is 1.12. The van der Waals surface area contributed by atoms with E-state index in [2.05, 4.69) is 15.6 Å². The maximum atomic E-state index is 13.2. The lowest BCUT2D eigenvalue weighted by Gasteiger charge is -2.25. The first-order valence-electron chi connectivity index (χ1n) is 9.11. The Bertz CT molecular complexity index is 910. The molecule has 3 amide bonds. The fourth-order valence-corrected chi connectivity index (χ4v) is 3.26. The molecular weight excluding hydrogens is 399 g/mol. The highest BCUT2D eigenvalue weighted by molar-refractivity contribution is 6.31. The van der Waals surface area contributed by atoms with Crippen molar-refractivity contribution in [3.8, 4) is 0 Å². The molecule has 9 heteroatoms. The number of rotatable bonds is 7. The molecule has 1 aromatic heterocycles. The minimum Gasteiger partial charge on any atom is -0.352 e. The van der Waals surface area contributed by atoms with E-state index in [9.17, 15) is 18.8 Å². The normalized spacial score (nSPS) is 15.7. The molecule has 1 unspecified atom stereocenters. The van der Waals surface area contributed by atoms with Gasteiger partial charge in [0.2, 0.25) is 17.7 Å². The molecule has 1 aromatic carbocycles. The quantitative estimate of drug-likeness (QED) is 0.676. The Morgan fingerprint density at radius 2 is 2.17 bits per heavy atom. The summed E-state index contributed by atoms with van der Waals surface area (Å²) in [4.78, 5) is 42.1. The van der Waals surface area contributed by atoms with Gasteiger partial charge in [-0.1, -0.05) is 17.7 Å². The van der Waals surface area contributed by atoms with Gasteiger partial charge in [-0.3, -0.25) is 19.4 Å². The zero-order chi connectivity index (χ0) is 20.8. The van der Waals surface area contributed by atoms with Crippen molar-refractivity contribution in [1.29, 1.82) is 0 Å². The summed E-state index contributed by atoms with van der Waals surface area (Å²) in [5.74, 6) is -1.57. The zero-order valence-corrected chi connectivity index (χ0v) is 16.3. The van der Waals surface area contributed by atoms with Crippen molar-refractivity contribution in [3.63, 3.8) is 0 Å². The lowest BCUT2D eigenvalue weighted by Crippen LogP contribution is -2.42. The van der Waals surface area contributed by atoms with E-state index >= 15 is 0 Å². The molecule has 0 bridgehead atoms. The van der Waals surface area contributed by atoms with Crippen LogP contribution in [0.5, 0.6) is 0 Å². The van der Waals surface area contributed by atoms with E-state index in [0.717, 1.165) is 11.6 Å². The molecule has 152 valence electrons. The second kappa shape index (κ2) is 9.47. The summed E-state index contributed by atoms with van der Waals surface area (Å²) < 4.78 is 13.2. The molecule has 0 spiro atoms. The van der Waals surface area contributed by atoms with Crippen molar-refractivity contribution in [2.45, 2.75) is 31.8 Å². The standard InChI is InChI=1S/C20H20ClFN4O3/c21-16-8-14(3-5-17(16)22)24-19(28)9-20(29)26(11-13-2-1-7-23-10-13)12-15-4-6-18(27)25-15/h1-3,5,7-8,10,15H,4,6,9,11-12H2,(H,24,28)(H,25,27). The highest BCUT2D eigenvalue weighted by Crippen LogP contribution is 2.19. The monoisotopic (exact) mass is 418 g/mol. The predicted octanol–water partition coefficient (Wildman–Crippen LogP) is 2.51. The highest BCUT2D eigenvalue weighted by atomic mass is 35.5. The SMILES string of the molecule is O=C(CC(=O)N(Cc1cccnc1)CC1CCC(=O)N1)Nc1ccc(F)c(Cl)c1. The van der Waals surface area contributed by atoms with E-state index in [1.165, 1.54) is 17.0 Å². The van der Waals surface area contributed by atoms with Crippen LogP contribution >= 0.6 is 11.6 Å². The molecule has 0 radical (unpaired) electrons. The number of pyridine rings is 1. The number of carbonyl (C=O) groups is 3. The van der Waals surface area contributed by atoms with Crippen molar-refractivity contribution < 1.29 is 18.8 Å². The number of carbonyl (C=O) groups excluding carboxylic acids is 3. The van der Waals surface area contributed by atoms with Crippen LogP contribution in [0.3, 0.4) is 0 Å². The lowest BCUT2D eigenvalue weighted by molar-refractivity contribution is -0.135. The van der Waals surface area contributed by atoms with Crippen LogP contribution in [0.25, 0.3) is 0 Å². The van der Waals surface area contributed by atoms with Crippen LogP contribution in [-0.4, -0.2) is 40.2 Å². The fraction of sp³-hybridized carbons (Fsp3) is 0.300. The number of nitrogens with one attached hydrogen (secondary N) is 2. The molecule has 1 aliphatic heterocycles. The van der Waals surface area contributed by atoms with Gasteiger partial charge in [0, 0.05) is 43.6 Å². The maximum Gasteiger partial charge on any atom is 0.233 e. The lowest BCUT2D eigenvalue weighted by atomic mass is 10.1. The number of amides is 3. The Morgan fingerprint density at radius 3 is 2.83 bits per heavy atom. The van der Waals surface area contributed by atoms with Crippen LogP contribution in [0.2, 0.25) is 5.02 Å². The summed E-state index contributed by atoms with van der Waals surface area (Å²) in [6, 6.07) is 7.23. The van der Waals surface area contributed by atoms with Gasteiger partial charge in [0.25, 0.3) is 0 Å². The van der Waals surface area contributed by atoms with Crippen LogP contribution in [0.15, 0.2) is 42.7 Å². The van der Waals surface area contributed by atoms with Crippen LogP contribution in [0.4, 0.5) is 10.1 Å². The second-order valence-electron chi connectivity index (χ2n) is 6.79. The number of anilines is 1. The van der Waals surface area contributed by atoms with Crippen molar-refractivity contribution in [3.05, 3.63) is 59.1 Å². The second-order valence-corrected chi connectivity index (χ2v) is 7.20. The Morgan fingerprint density at radius 1 is 1.34 bits per heavy atom. The molecule has 3 rings (SSSR count). The summed E-state index contributed by atoms with van der Waals surface area (Å²) in [6.45, 7) is 0.573. The minimum atomic E-state index is -0.595. The Balaban J connectivity index is 1.65. The molecule has 7 nitrogen and oxygen atoms in total. The van der Waals surface area contributed by atoms with E-state index < -0.39 is 18.1 Å². The molecule has 1 aliphatic rings. The molecule has 0 aliphatic carbocycles. The van der Waals surface area contributed by atoms with Crippen molar-refractivity contribution in [2.75, 3.05) is 11.9 Å². The van der Waals surface area contributed by atoms with Crippen LogP contribution in [0, 0.1) is 5.82 Å². The molecule has 29 heavy (non-hydrogen) atoms. The summed E-state index contributed by atoms with van der Waals surface area (Å²) >= 11 is 5.71. The molecule has 2 heterocycles. The molecule has 1 fully saturated rings. The number of halogens is 2. The smallest absolute Gasteiger partial charge is 0.233 e. The van der Waals surface area contributed by atoms with Crippen molar-refractivity contribution >= 4 is 35.0 Å². The van der Waals surface area contributed by atoms with E-state index in [-0.39, 0.29) is 29.4 Å². The Hall–Kier alpha value is -3.00. The number of benzene rings is 1.